The zero-order valence-corrected chi connectivity index (χ0v) is 14.1. The number of nitrogens with zero attached hydrogens (tertiary/aromatic N) is 3. The van der Waals surface area contributed by atoms with Crippen LogP contribution in [-0.2, 0) is 11.2 Å². The van der Waals surface area contributed by atoms with Gasteiger partial charge in [-0.2, -0.15) is 4.98 Å². The first-order valence-corrected chi connectivity index (χ1v) is 8.91. The number of likely N-dealkylation sites (tertiary alicyclic amines) is 1. The number of piperidine rings is 1. The molecule has 3 heterocycles. The number of carbonyl (C=O) groups excluding carboxylic acids is 1. The van der Waals surface area contributed by atoms with Crippen LogP contribution < -0.4 is 5.73 Å². The zero-order chi connectivity index (χ0) is 16.2. The van der Waals surface area contributed by atoms with Crippen LogP contribution in [0.5, 0.6) is 0 Å². The topological polar surface area (TPSA) is 85.2 Å². The van der Waals surface area contributed by atoms with Gasteiger partial charge >= 0.3 is 0 Å². The summed E-state index contributed by atoms with van der Waals surface area (Å²) >= 11 is 1.57. The summed E-state index contributed by atoms with van der Waals surface area (Å²) in [4.78, 5) is 19.6. The summed E-state index contributed by atoms with van der Waals surface area (Å²) in [6.45, 7) is 3.61. The van der Waals surface area contributed by atoms with Crippen molar-refractivity contribution in [3.63, 3.8) is 0 Å². The van der Waals surface area contributed by atoms with Crippen LogP contribution in [0.15, 0.2) is 22.0 Å². The van der Waals surface area contributed by atoms with E-state index in [4.69, 9.17) is 10.3 Å². The molecule has 1 fully saturated rings. The van der Waals surface area contributed by atoms with E-state index >= 15 is 0 Å². The van der Waals surface area contributed by atoms with Crippen LogP contribution in [-0.4, -0.2) is 40.1 Å². The number of aryl methyl sites for hydroxylation is 1. The minimum atomic E-state index is 0.134. The van der Waals surface area contributed by atoms with Gasteiger partial charge < -0.3 is 15.2 Å². The first kappa shape index (κ1) is 16.1. The first-order valence-electron chi connectivity index (χ1n) is 8.03. The van der Waals surface area contributed by atoms with Crippen molar-refractivity contribution in [2.24, 2.45) is 11.7 Å². The Hall–Kier alpha value is -1.73. The number of hydrogen-bond donors (Lipinski definition) is 1. The number of nitrogens with two attached hydrogens (primary N) is 1. The summed E-state index contributed by atoms with van der Waals surface area (Å²) in [6, 6.07) is 4.03. The lowest BCUT2D eigenvalue weighted by molar-refractivity contribution is -0.133. The molecule has 3 rings (SSSR count). The largest absolute Gasteiger partial charge is 0.342 e. The predicted octanol–water partition coefficient (Wildman–Crippen LogP) is 2.32. The van der Waals surface area contributed by atoms with Gasteiger partial charge in [-0.15, -0.1) is 11.3 Å². The molecule has 0 radical (unpaired) electrons. The van der Waals surface area contributed by atoms with Gasteiger partial charge in [0, 0.05) is 32.0 Å². The van der Waals surface area contributed by atoms with Crippen molar-refractivity contribution in [2.45, 2.75) is 38.6 Å². The molecule has 1 saturated heterocycles. The maximum Gasteiger partial charge on any atom is 0.227 e. The van der Waals surface area contributed by atoms with Gasteiger partial charge in [0.1, 0.15) is 0 Å². The fourth-order valence-corrected chi connectivity index (χ4v) is 3.55. The fraction of sp³-hybridized carbons (Fsp3) is 0.562. The van der Waals surface area contributed by atoms with E-state index in [9.17, 15) is 4.79 Å². The molecule has 1 aliphatic rings. The smallest absolute Gasteiger partial charge is 0.227 e. The van der Waals surface area contributed by atoms with Gasteiger partial charge in [-0.05, 0) is 37.1 Å². The monoisotopic (exact) mass is 334 g/mol. The molecule has 0 saturated carbocycles. The van der Waals surface area contributed by atoms with Gasteiger partial charge in [-0.1, -0.05) is 11.2 Å². The van der Waals surface area contributed by atoms with E-state index in [-0.39, 0.29) is 11.9 Å². The third-order valence-electron chi connectivity index (χ3n) is 4.32. The highest BCUT2D eigenvalue weighted by Crippen LogP contribution is 2.22. The Balaban J connectivity index is 1.53. The maximum absolute atomic E-state index is 12.4. The molecule has 2 aromatic rings. The van der Waals surface area contributed by atoms with Gasteiger partial charge in [-0.3, -0.25) is 4.79 Å². The summed E-state index contributed by atoms with van der Waals surface area (Å²) in [6.07, 6.45) is 3.02. The highest BCUT2D eigenvalue weighted by Gasteiger charge is 2.25. The van der Waals surface area contributed by atoms with Crippen molar-refractivity contribution < 1.29 is 9.32 Å². The molecule has 2 unspecified atom stereocenters. The van der Waals surface area contributed by atoms with E-state index < -0.39 is 0 Å². The maximum atomic E-state index is 12.4. The van der Waals surface area contributed by atoms with Crippen LogP contribution in [0.1, 0.15) is 32.1 Å². The fourth-order valence-electron chi connectivity index (χ4n) is 2.90. The van der Waals surface area contributed by atoms with Gasteiger partial charge in [0.05, 0.1) is 4.88 Å². The molecular formula is C16H22N4O2S. The molecule has 124 valence electrons. The van der Waals surface area contributed by atoms with E-state index in [1.807, 2.05) is 29.3 Å². The quantitative estimate of drug-likeness (QED) is 0.907. The number of carbonyl (C=O) groups is 1. The molecule has 7 heteroatoms. The summed E-state index contributed by atoms with van der Waals surface area (Å²) in [5.41, 5.74) is 5.97. The highest BCUT2D eigenvalue weighted by atomic mass is 32.1. The van der Waals surface area contributed by atoms with Crippen LogP contribution in [0.2, 0.25) is 0 Å². The second kappa shape index (κ2) is 7.23. The summed E-state index contributed by atoms with van der Waals surface area (Å²) in [5.74, 6) is 1.66. The van der Waals surface area contributed by atoms with Crippen molar-refractivity contribution in [1.82, 2.24) is 15.0 Å². The number of amides is 1. The SMILES string of the molecule is CC(N)C1CCCN(C(=O)CCc2nc(-c3cccs3)no2)C1. The third kappa shape index (κ3) is 3.97. The second-order valence-corrected chi connectivity index (χ2v) is 7.04. The molecular weight excluding hydrogens is 312 g/mol. The lowest BCUT2D eigenvalue weighted by atomic mass is 9.92. The van der Waals surface area contributed by atoms with Crippen molar-refractivity contribution in [3.05, 3.63) is 23.4 Å². The molecule has 2 N–H and O–H groups in total. The molecule has 2 atom stereocenters. The average Bonchev–Trinajstić information content (AvgIpc) is 3.23. The molecule has 0 aromatic carbocycles. The van der Waals surface area contributed by atoms with Crippen LogP contribution in [0, 0.1) is 5.92 Å². The molecule has 1 amide bonds. The molecule has 23 heavy (non-hydrogen) atoms. The Morgan fingerprint density at radius 2 is 2.48 bits per heavy atom. The van der Waals surface area contributed by atoms with E-state index in [2.05, 4.69) is 10.1 Å². The Kier molecular flexibility index (Phi) is 5.07. The summed E-state index contributed by atoms with van der Waals surface area (Å²) < 4.78 is 5.24. The van der Waals surface area contributed by atoms with E-state index in [1.165, 1.54) is 0 Å². The molecule has 1 aliphatic heterocycles. The van der Waals surface area contributed by atoms with E-state index in [0.29, 0.717) is 30.5 Å². The van der Waals surface area contributed by atoms with Crippen LogP contribution in [0.4, 0.5) is 0 Å². The predicted molar refractivity (Wildman–Crippen MR) is 88.9 cm³/mol. The van der Waals surface area contributed by atoms with Crippen molar-refractivity contribution in [1.29, 1.82) is 0 Å². The normalized spacial score (nSPS) is 19.7. The van der Waals surface area contributed by atoms with E-state index in [1.54, 1.807) is 11.3 Å². The number of aromatic nitrogens is 2. The lowest BCUT2D eigenvalue weighted by Crippen LogP contribution is -2.45. The second-order valence-electron chi connectivity index (χ2n) is 6.09. The standard InChI is InChI=1S/C16H22N4O2S/c1-11(17)12-4-2-8-20(10-12)15(21)7-6-14-18-16(19-22-14)13-5-3-9-23-13/h3,5,9,11-12H,2,4,6-8,10,17H2,1H3. The van der Waals surface area contributed by atoms with E-state index in [0.717, 1.165) is 30.8 Å². The number of thiophene rings is 1. The Morgan fingerprint density at radius 3 is 3.22 bits per heavy atom. The van der Waals surface area contributed by atoms with Crippen LogP contribution >= 0.6 is 11.3 Å². The van der Waals surface area contributed by atoms with Gasteiger partial charge in [-0.25, -0.2) is 0 Å². The van der Waals surface area contributed by atoms with Gasteiger partial charge in [0.15, 0.2) is 0 Å². The number of rotatable bonds is 5. The molecule has 0 spiro atoms. The number of hydrogen-bond acceptors (Lipinski definition) is 6. The Morgan fingerprint density at radius 1 is 1.61 bits per heavy atom. The minimum absolute atomic E-state index is 0.134. The van der Waals surface area contributed by atoms with Crippen LogP contribution in [0.25, 0.3) is 10.7 Å². The van der Waals surface area contributed by atoms with Crippen LogP contribution in [0.3, 0.4) is 0 Å². The Labute approximate surface area is 139 Å². The Bertz CT molecular complexity index is 638. The molecule has 6 nitrogen and oxygen atoms in total. The highest BCUT2D eigenvalue weighted by molar-refractivity contribution is 7.13. The van der Waals surface area contributed by atoms with Crippen molar-refractivity contribution >= 4 is 17.2 Å². The molecule has 2 aromatic heterocycles. The minimum Gasteiger partial charge on any atom is -0.342 e. The first-order chi connectivity index (χ1) is 11.1. The van der Waals surface area contributed by atoms with Crippen molar-refractivity contribution in [3.8, 4) is 10.7 Å². The summed E-state index contributed by atoms with van der Waals surface area (Å²) in [5, 5.41) is 5.94. The third-order valence-corrected chi connectivity index (χ3v) is 5.18. The molecule has 0 bridgehead atoms. The van der Waals surface area contributed by atoms with Gasteiger partial charge in [0.2, 0.25) is 17.6 Å². The van der Waals surface area contributed by atoms with Gasteiger partial charge in [0.25, 0.3) is 0 Å². The molecule has 0 aliphatic carbocycles. The van der Waals surface area contributed by atoms with Crippen molar-refractivity contribution in [2.75, 3.05) is 13.1 Å². The average molecular weight is 334 g/mol. The zero-order valence-electron chi connectivity index (χ0n) is 13.3. The summed E-state index contributed by atoms with van der Waals surface area (Å²) in [7, 11) is 0. The lowest BCUT2D eigenvalue weighted by Gasteiger charge is -2.34.